The van der Waals surface area contributed by atoms with Gasteiger partial charge in [0, 0.05) is 11.6 Å². The predicted molar refractivity (Wildman–Crippen MR) is 100.0 cm³/mol. The fraction of sp³-hybridized carbons (Fsp3) is 0.350. The van der Waals surface area contributed by atoms with E-state index in [0.717, 1.165) is 6.07 Å². The van der Waals surface area contributed by atoms with Crippen molar-refractivity contribution in [3.63, 3.8) is 0 Å². The van der Waals surface area contributed by atoms with Crippen LogP contribution >= 0.6 is 0 Å². The van der Waals surface area contributed by atoms with Gasteiger partial charge in [-0.1, -0.05) is 12.1 Å². The van der Waals surface area contributed by atoms with Crippen molar-refractivity contribution in [2.75, 3.05) is 13.2 Å². The Bertz CT molecular complexity index is 829. The summed E-state index contributed by atoms with van der Waals surface area (Å²) >= 11 is 0. The molecule has 2 aromatic carbocycles. The van der Waals surface area contributed by atoms with E-state index in [0.29, 0.717) is 5.56 Å². The maximum absolute atomic E-state index is 12.8. The zero-order chi connectivity index (χ0) is 21.7. The first-order valence-electron chi connectivity index (χ1n) is 8.72. The van der Waals surface area contributed by atoms with Crippen molar-refractivity contribution < 1.29 is 37.3 Å². The smallest absolute Gasteiger partial charge is 0.508 e. The number of nitrogens with one attached hydrogen (secondary N) is 1. The second kappa shape index (κ2) is 8.93. The lowest BCUT2D eigenvalue weighted by Gasteiger charge is -2.19. The lowest BCUT2D eigenvalue weighted by atomic mass is 10.0. The third kappa shape index (κ3) is 7.81. The molecule has 0 saturated heterocycles. The average molecular weight is 413 g/mol. The Kier molecular flexibility index (Phi) is 6.84. The van der Waals surface area contributed by atoms with E-state index in [1.165, 1.54) is 36.4 Å². The summed E-state index contributed by atoms with van der Waals surface area (Å²) in [7, 11) is 0. The molecule has 9 heteroatoms. The zero-order valence-corrected chi connectivity index (χ0v) is 16.2. The first-order chi connectivity index (χ1) is 13.4. The Morgan fingerprint density at radius 2 is 1.72 bits per heavy atom. The summed E-state index contributed by atoms with van der Waals surface area (Å²) in [5.41, 5.74) is -0.0273. The molecule has 0 fully saturated rings. The topological polar surface area (TPSA) is 77.0 Å². The lowest BCUT2D eigenvalue weighted by molar-refractivity contribution is -0.274. The highest BCUT2D eigenvalue weighted by Crippen LogP contribution is 2.37. The van der Waals surface area contributed by atoms with Crippen molar-refractivity contribution in [2.45, 2.75) is 32.7 Å². The summed E-state index contributed by atoms with van der Waals surface area (Å²) in [4.78, 5) is 11.6. The molecule has 0 aliphatic heterocycles. The number of amides is 1. The minimum atomic E-state index is -4.89. The van der Waals surface area contributed by atoms with Gasteiger partial charge in [0.25, 0.3) is 0 Å². The molecular weight excluding hydrogens is 391 g/mol. The Balaban J connectivity index is 2.07. The van der Waals surface area contributed by atoms with E-state index < -0.39 is 23.8 Å². The average Bonchev–Trinajstić information content (AvgIpc) is 2.57. The van der Waals surface area contributed by atoms with Gasteiger partial charge in [0.05, 0.1) is 6.54 Å². The van der Waals surface area contributed by atoms with Gasteiger partial charge < -0.3 is 24.6 Å². The standard InChI is InChI=1S/C20H22F3NO5/c1-19(2,3)29-18(26)24-10-11-27-15-8-9-16(13-4-6-14(25)7-5-13)17(12-15)28-20(21,22)23/h4-9,12,25H,10-11H2,1-3H3,(H,24,26). The van der Waals surface area contributed by atoms with Crippen molar-refractivity contribution in [2.24, 2.45) is 0 Å². The Hall–Kier alpha value is -3.10. The number of hydrogen-bond donors (Lipinski definition) is 2. The number of alkyl halides is 3. The summed E-state index contributed by atoms with van der Waals surface area (Å²) in [5, 5.41) is 11.8. The summed E-state index contributed by atoms with van der Waals surface area (Å²) in [6.07, 6.45) is -5.51. The number of phenols is 1. The van der Waals surface area contributed by atoms with Crippen LogP contribution in [0, 0.1) is 0 Å². The molecule has 0 saturated carbocycles. The number of rotatable bonds is 6. The maximum Gasteiger partial charge on any atom is 0.573 e. The number of ether oxygens (including phenoxy) is 3. The molecule has 2 N–H and O–H groups in total. The molecule has 0 radical (unpaired) electrons. The number of carbonyl (C=O) groups is 1. The molecule has 6 nitrogen and oxygen atoms in total. The van der Waals surface area contributed by atoms with Crippen molar-refractivity contribution in [1.82, 2.24) is 5.32 Å². The van der Waals surface area contributed by atoms with Crippen LogP contribution in [0.15, 0.2) is 42.5 Å². The van der Waals surface area contributed by atoms with Gasteiger partial charge in [0.2, 0.25) is 0 Å². The van der Waals surface area contributed by atoms with Gasteiger partial charge in [0.1, 0.15) is 29.5 Å². The number of carbonyl (C=O) groups excluding carboxylic acids is 1. The minimum Gasteiger partial charge on any atom is -0.508 e. The maximum atomic E-state index is 12.8. The fourth-order valence-corrected chi connectivity index (χ4v) is 2.32. The molecule has 158 valence electrons. The molecule has 0 unspecified atom stereocenters. The van der Waals surface area contributed by atoms with Gasteiger partial charge in [-0.2, -0.15) is 0 Å². The van der Waals surface area contributed by atoms with E-state index in [-0.39, 0.29) is 30.2 Å². The largest absolute Gasteiger partial charge is 0.573 e. The minimum absolute atomic E-state index is 0.00974. The highest BCUT2D eigenvalue weighted by atomic mass is 19.4. The summed E-state index contributed by atoms with van der Waals surface area (Å²) in [5.74, 6) is -0.317. The SMILES string of the molecule is CC(C)(C)OC(=O)NCCOc1ccc(-c2ccc(O)cc2)c(OC(F)(F)F)c1. The van der Waals surface area contributed by atoms with E-state index in [9.17, 15) is 23.1 Å². The molecule has 2 rings (SSSR count). The Labute approximate surface area is 166 Å². The predicted octanol–water partition coefficient (Wildman–Crippen LogP) is 4.86. The molecular formula is C20H22F3NO5. The third-order valence-corrected chi connectivity index (χ3v) is 3.40. The number of hydrogen-bond acceptors (Lipinski definition) is 5. The number of benzene rings is 2. The van der Waals surface area contributed by atoms with E-state index in [2.05, 4.69) is 10.1 Å². The number of halogens is 3. The molecule has 0 aromatic heterocycles. The van der Waals surface area contributed by atoms with Crippen molar-refractivity contribution >= 4 is 6.09 Å². The quantitative estimate of drug-likeness (QED) is 0.662. The van der Waals surface area contributed by atoms with Crippen LogP contribution in [0.1, 0.15) is 20.8 Å². The molecule has 0 atom stereocenters. The number of phenolic OH excluding ortho intramolecular Hbond substituents is 1. The van der Waals surface area contributed by atoms with Crippen LogP contribution in [-0.2, 0) is 4.74 Å². The van der Waals surface area contributed by atoms with Crippen molar-refractivity contribution in [3.8, 4) is 28.4 Å². The van der Waals surface area contributed by atoms with Gasteiger partial charge in [0.15, 0.2) is 0 Å². The van der Waals surface area contributed by atoms with Gasteiger partial charge in [-0.05, 0) is 50.6 Å². The lowest BCUT2D eigenvalue weighted by Crippen LogP contribution is -2.34. The van der Waals surface area contributed by atoms with Crippen LogP contribution in [0.25, 0.3) is 11.1 Å². The third-order valence-electron chi connectivity index (χ3n) is 3.40. The van der Waals surface area contributed by atoms with Crippen LogP contribution < -0.4 is 14.8 Å². The second-order valence-electron chi connectivity index (χ2n) is 7.03. The van der Waals surface area contributed by atoms with E-state index in [1.54, 1.807) is 20.8 Å². The van der Waals surface area contributed by atoms with E-state index in [4.69, 9.17) is 9.47 Å². The van der Waals surface area contributed by atoms with Crippen LogP contribution in [0.3, 0.4) is 0 Å². The number of aromatic hydroxyl groups is 1. The molecule has 0 heterocycles. The highest BCUT2D eigenvalue weighted by Gasteiger charge is 2.32. The van der Waals surface area contributed by atoms with E-state index >= 15 is 0 Å². The normalized spacial score (nSPS) is 11.7. The van der Waals surface area contributed by atoms with Crippen LogP contribution in [0.4, 0.5) is 18.0 Å². The second-order valence-corrected chi connectivity index (χ2v) is 7.03. The summed E-state index contributed by atoms with van der Waals surface area (Å²) in [6, 6.07) is 9.68. The molecule has 0 bridgehead atoms. The van der Waals surface area contributed by atoms with Gasteiger partial charge in [-0.3, -0.25) is 0 Å². The zero-order valence-electron chi connectivity index (χ0n) is 16.2. The van der Waals surface area contributed by atoms with Gasteiger partial charge in [-0.25, -0.2) is 4.79 Å². The monoisotopic (exact) mass is 413 g/mol. The van der Waals surface area contributed by atoms with Crippen molar-refractivity contribution in [3.05, 3.63) is 42.5 Å². The summed E-state index contributed by atoms with van der Waals surface area (Å²) in [6.45, 7) is 5.29. The highest BCUT2D eigenvalue weighted by molar-refractivity contribution is 5.72. The van der Waals surface area contributed by atoms with Gasteiger partial charge >= 0.3 is 12.5 Å². The van der Waals surface area contributed by atoms with E-state index in [1.807, 2.05) is 0 Å². The molecule has 0 spiro atoms. The summed E-state index contributed by atoms with van der Waals surface area (Å²) < 4.78 is 53.0. The molecule has 2 aromatic rings. The Morgan fingerprint density at radius 3 is 2.31 bits per heavy atom. The first kappa shape index (κ1) is 22.2. The first-order valence-corrected chi connectivity index (χ1v) is 8.72. The van der Waals surface area contributed by atoms with Crippen LogP contribution in [-0.4, -0.2) is 36.3 Å². The van der Waals surface area contributed by atoms with Crippen LogP contribution in [0.5, 0.6) is 17.2 Å². The molecule has 29 heavy (non-hydrogen) atoms. The van der Waals surface area contributed by atoms with Gasteiger partial charge in [-0.15, -0.1) is 13.2 Å². The fourth-order valence-electron chi connectivity index (χ4n) is 2.32. The molecule has 0 aliphatic carbocycles. The molecule has 0 aliphatic rings. The van der Waals surface area contributed by atoms with Crippen molar-refractivity contribution in [1.29, 1.82) is 0 Å². The van der Waals surface area contributed by atoms with Crippen LogP contribution in [0.2, 0.25) is 0 Å². The number of alkyl carbamates (subject to hydrolysis) is 1. The Morgan fingerprint density at radius 1 is 1.07 bits per heavy atom. The molecule has 1 amide bonds.